The molecule has 3 N–H and O–H groups in total. The Morgan fingerprint density at radius 2 is 2.00 bits per heavy atom. The zero-order chi connectivity index (χ0) is 24.8. The van der Waals surface area contributed by atoms with E-state index in [1.807, 2.05) is 13.8 Å². The second-order valence-electron chi connectivity index (χ2n) is 7.60. The largest absolute Gasteiger partial charge is 0.490 e. The van der Waals surface area contributed by atoms with Crippen LogP contribution < -0.4 is 10.1 Å². The SMILES string of the molecule is CC(C)Oc1ccc(-c2nc(-c3ccc(CN[C@@H](CC(=O)O)C(=O)O)cc3Cl)no2)cc1C#N. The van der Waals surface area contributed by atoms with Gasteiger partial charge in [-0.15, -0.1) is 0 Å². The highest BCUT2D eigenvalue weighted by Crippen LogP contribution is 2.30. The summed E-state index contributed by atoms with van der Waals surface area (Å²) in [4.78, 5) is 26.4. The summed E-state index contributed by atoms with van der Waals surface area (Å²) in [6, 6.07) is 10.8. The smallest absolute Gasteiger partial charge is 0.321 e. The number of benzene rings is 2. The molecule has 0 radical (unpaired) electrons. The lowest BCUT2D eigenvalue weighted by molar-refractivity contribution is -0.146. The van der Waals surface area contributed by atoms with E-state index in [1.54, 1.807) is 36.4 Å². The zero-order valence-electron chi connectivity index (χ0n) is 18.3. The maximum Gasteiger partial charge on any atom is 0.321 e. The standard InChI is InChI=1S/C23H21ClN4O6/c1-12(2)33-19-6-4-14(8-15(19)10-25)22-27-21(28-34-22)16-5-3-13(7-17(16)24)11-26-18(23(31)32)9-20(29)30/h3-8,12,18,26H,9,11H2,1-2H3,(H,29,30)(H,31,32)/t18-/m0/s1. The number of carboxylic acid groups (broad SMARTS) is 2. The molecule has 0 saturated heterocycles. The van der Waals surface area contributed by atoms with Gasteiger partial charge in [0.25, 0.3) is 5.89 Å². The number of nitrogens with zero attached hydrogens (tertiary/aromatic N) is 3. The molecule has 0 unspecified atom stereocenters. The molecule has 3 aromatic rings. The van der Waals surface area contributed by atoms with Crippen molar-refractivity contribution in [1.29, 1.82) is 5.26 Å². The van der Waals surface area contributed by atoms with E-state index in [0.717, 1.165) is 0 Å². The second-order valence-corrected chi connectivity index (χ2v) is 8.00. The molecule has 0 amide bonds. The van der Waals surface area contributed by atoms with Gasteiger partial charge in [0.2, 0.25) is 5.82 Å². The summed E-state index contributed by atoms with van der Waals surface area (Å²) < 4.78 is 11.0. The Balaban J connectivity index is 1.77. The van der Waals surface area contributed by atoms with Crippen molar-refractivity contribution in [1.82, 2.24) is 15.5 Å². The summed E-state index contributed by atoms with van der Waals surface area (Å²) >= 11 is 6.38. The molecule has 176 valence electrons. The predicted molar refractivity (Wildman–Crippen MR) is 121 cm³/mol. The molecule has 1 heterocycles. The third-order valence-corrected chi connectivity index (χ3v) is 4.95. The van der Waals surface area contributed by atoms with Crippen molar-refractivity contribution in [3.8, 4) is 34.7 Å². The summed E-state index contributed by atoms with van der Waals surface area (Å²) in [5, 5.41) is 34.3. The molecule has 0 saturated carbocycles. The van der Waals surface area contributed by atoms with Gasteiger partial charge in [0, 0.05) is 17.7 Å². The first-order chi connectivity index (χ1) is 16.2. The highest BCUT2D eigenvalue weighted by Gasteiger charge is 2.21. The number of carbonyl (C=O) groups is 2. The number of carboxylic acids is 2. The number of rotatable bonds is 10. The third kappa shape index (κ3) is 6.10. The van der Waals surface area contributed by atoms with Crippen LogP contribution in [-0.2, 0) is 16.1 Å². The van der Waals surface area contributed by atoms with Gasteiger partial charge in [-0.25, -0.2) is 0 Å². The number of ether oxygens (including phenoxy) is 1. The van der Waals surface area contributed by atoms with Crippen molar-refractivity contribution in [2.75, 3.05) is 0 Å². The van der Waals surface area contributed by atoms with Gasteiger partial charge >= 0.3 is 11.9 Å². The summed E-state index contributed by atoms with van der Waals surface area (Å²) in [6.07, 6.45) is -0.634. The van der Waals surface area contributed by atoms with Crippen LogP contribution in [0.4, 0.5) is 0 Å². The number of halogens is 1. The lowest BCUT2D eigenvalue weighted by Gasteiger charge is -2.12. The molecule has 0 aliphatic heterocycles. The normalized spacial score (nSPS) is 11.7. The molecule has 1 atom stereocenters. The van der Waals surface area contributed by atoms with Gasteiger partial charge in [-0.3, -0.25) is 14.9 Å². The van der Waals surface area contributed by atoms with Crippen LogP contribution in [0.25, 0.3) is 22.8 Å². The number of hydrogen-bond donors (Lipinski definition) is 3. The fraction of sp³-hybridized carbons (Fsp3) is 0.261. The van der Waals surface area contributed by atoms with Gasteiger partial charge < -0.3 is 19.5 Å². The van der Waals surface area contributed by atoms with Crippen LogP contribution in [0.5, 0.6) is 5.75 Å². The Bertz CT molecular complexity index is 1250. The lowest BCUT2D eigenvalue weighted by atomic mass is 10.1. The van der Waals surface area contributed by atoms with Crippen LogP contribution in [0.2, 0.25) is 5.02 Å². The Labute approximate surface area is 199 Å². The van der Waals surface area contributed by atoms with Crippen molar-refractivity contribution in [3.63, 3.8) is 0 Å². The number of aromatic nitrogens is 2. The van der Waals surface area contributed by atoms with Crippen LogP contribution in [0.3, 0.4) is 0 Å². The molecular weight excluding hydrogens is 464 g/mol. The van der Waals surface area contributed by atoms with Gasteiger partial charge in [-0.2, -0.15) is 10.2 Å². The fourth-order valence-electron chi connectivity index (χ4n) is 3.07. The lowest BCUT2D eigenvalue weighted by Crippen LogP contribution is -2.38. The van der Waals surface area contributed by atoms with Crippen molar-refractivity contribution >= 4 is 23.5 Å². The average Bonchev–Trinajstić information content (AvgIpc) is 3.26. The maximum absolute atomic E-state index is 11.2. The van der Waals surface area contributed by atoms with Crippen LogP contribution in [-0.4, -0.2) is 44.4 Å². The van der Waals surface area contributed by atoms with Crippen LogP contribution in [0.15, 0.2) is 40.9 Å². The Morgan fingerprint density at radius 3 is 2.62 bits per heavy atom. The molecule has 3 rings (SSSR count). The fourth-order valence-corrected chi connectivity index (χ4v) is 3.36. The maximum atomic E-state index is 11.2. The number of nitriles is 1. The topological polar surface area (TPSA) is 159 Å². The highest BCUT2D eigenvalue weighted by molar-refractivity contribution is 6.33. The average molecular weight is 485 g/mol. The van der Waals surface area contributed by atoms with E-state index < -0.39 is 24.4 Å². The number of nitrogens with one attached hydrogen (secondary N) is 1. The van der Waals surface area contributed by atoms with E-state index in [9.17, 15) is 14.9 Å². The van der Waals surface area contributed by atoms with Crippen LogP contribution in [0, 0.1) is 11.3 Å². The Hall–Kier alpha value is -3.94. The van der Waals surface area contributed by atoms with Gasteiger partial charge in [-0.05, 0) is 49.7 Å². The molecule has 0 aliphatic rings. The molecule has 34 heavy (non-hydrogen) atoms. The van der Waals surface area contributed by atoms with E-state index in [1.165, 1.54) is 0 Å². The van der Waals surface area contributed by atoms with Crippen molar-refractivity contribution in [2.45, 2.75) is 39.0 Å². The highest BCUT2D eigenvalue weighted by atomic mass is 35.5. The van der Waals surface area contributed by atoms with E-state index in [2.05, 4.69) is 21.5 Å². The van der Waals surface area contributed by atoms with Gasteiger partial charge in [0.05, 0.1) is 23.1 Å². The first-order valence-electron chi connectivity index (χ1n) is 10.2. The summed E-state index contributed by atoms with van der Waals surface area (Å²) in [5.41, 5.74) is 2.01. The zero-order valence-corrected chi connectivity index (χ0v) is 19.0. The quantitative estimate of drug-likeness (QED) is 0.387. The van der Waals surface area contributed by atoms with Crippen molar-refractivity contribution < 1.29 is 29.1 Å². The van der Waals surface area contributed by atoms with Crippen LogP contribution in [0.1, 0.15) is 31.4 Å². The Kier molecular flexibility index (Phi) is 7.83. The number of hydrogen-bond acceptors (Lipinski definition) is 8. The van der Waals surface area contributed by atoms with E-state index in [-0.39, 0.29) is 24.4 Å². The first-order valence-corrected chi connectivity index (χ1v) is 10.6. The molecule has 0 bridgehead atoms. The molecule has 10 nitrogen and oxygen atoms in total. The monoisotopic (exact) mass is 484 g/mol. The molecular formula is C23H21ClN4O6. The molecule has 1 aromatic heterocycles. The van der Waals surface area contributed by atoms with E-state index in [0.29, 0.717) is 33.0 Å². The minimum absolute atomic E-state index is 0.0829. The molecule has 0 aliphatic carbocycles. The minimum Gasteiger partial charge on any atom is -0.490 e. The second kappa shape index (κ2) is 10.8. The molecule has 2 aromatic carbocycles. The third-order valence-electron chi connectivity index (χ3n) is 4.64. The number of aliphatic carboxylic acids is 2. The summed E-state index contributed by atoms with van der Waals surface area (Å²) in [7, 11) is 0. The van der Waals surface area contributed by atoms with Gasteiger partial charge in [0.1, 0.15) is 17.9 Å². The molecule has 11 heteroatoms. The van der Waals surface area contributed by atoms with Gasteiger partial charge in [0.15, 0.2) is 0 Å². The molecule has 0 fully saturated rings. The van der Waals surface area contributed by atoms with Crippen LogP contribution >= 0.6 is 11.6 Å². The first kappa shape index (κ1) is 24.7. The van der Waals surface area contributed by atoms with Gasteiger partial charge in [-0.1, -0.05) is 22.8 Å². The summed E-state index contributed by atoms with van der Waals surface area (Å²) in [5.74, 6) is -1.59. The minimum atomic E-state index is -1.26. The predicted octanol–water partition coefficient (Wildman–Crippen LogP) is 3.73. The molecule has 0 spiro atoms. The van der Waals surface area contributed by atoms with E-state index in [4.69, 9.17) is 31.1 Å². The van der Waals surface area contributed by atoms with Crippen molar-refractivity contribution in [2.24, 2.45) is 0 Å². The van der Waals surface area contributed by atoms with Crippen molar-refractivity contribution in [3.05, 3.63) is 52.5 Å². The Morgan fingerprint density at radius 1 is 1.24 bits per heavy atom. The summed E-state index contributed by atoms with van der Waals surface area (Å²) in [6.45, 7) is 3.83. The van der Waals surface area contributed by atoms with E-state index >= 15 is 0 Å².